The SMILES string of the molecule is Cc1ccc(-n2c(SCC(=O)NN=Cc3cccc(Cl)c3Cl)nnc2-c2ccncc2)cc1. The number of nitrogens with zero attached hydrogens (tertiary/aromatic N) is 5. The molecule has 0 atom stereocenters. The van der Waals surface area contributed by atoms with E-state index in [2.05, 4.69) is 25.7 Å². The Hall–Kier alpha value is -3.20. The minimum atomic E-state index is -0.293. The number of hydrazone groups is 1. The Bertz CT molecular complexity index is 1290. The van der Waals surface area contributed by atoms with Crippen LogP contribution in [-0.2, 0) is 4.79 Å². The minimum absolute atomic E-state index is 0.0982. The number of carbonyl (C=O) groups is 1. The van der Waals surface area contributed by atoms with Crippen molar-refractivity contribution in [2.75, 3.05) is 5.75 Å². The van der Waals surface area contributed by atoms with Crippen LogP contribution in [0.3, 0.4) is 0 Å². The van der Waals surface area contributed by atoms with Crippen molar-refractivity contribution in [3.05, 3.63) is 88.2 Å². The second kappa shape index (κ2) is 10.6. The molecule has 166 valence electrons. The maximum absolute atomic E-state index is 12.4. The second-order valence-corrected chi connectivity index (χ2v) is 8.67. The van der Waals surface area contributed by atoms with Gasteiger partial charge in [-0.25, -0.2) is 5.43 Å². The molecule has 4 aromatic rings. The monoisotopic (exact) mass is 496 g/mol. The van der Waals surface area contributed by atoms with E-state index < -0.39 is 0 Å². The van der Waals surface area contributed by atoms with E-state index in [-0.39, 0.29) is 11.7 Å². The fraction of sp³-hybridized carbons (Fsp3) is 0.0870. The first-order chi connectivity index (χ1) is 16.0. The number of nitrogens with one attached hydrogen (secondary N) is 1. The van der Waals surface area contributed by atoms with E-state index in [1.54, 1.807) is 30.6 Å². The third-order valence-electron chi connectivity index (χ3n) is 4.57. The number of aromatic nitrogens is 4. The van der Waals surface area contributed by atoms with E-state index in [9.17, 15) is 4.79 Å². The lowest BCUT2D eigenvalue weighted by molar-refractivity contribution is -0.118. The van der Waals surface area contributed by atoms with E-state index in [1.165, 1.54) is 18.0 Å². The molecule has 0 saturated heterocycles. The van der Waals surface area contributed by atoms with Crippen molar-refractivity contribution in [2.24, 2.45) is 5.10 Å². The van der Waals surface area contributed by atoms with Crippen LogP contribution in [-0.4, -0.2) is 37.6 Å². The van der Waals surface area contributed by atoms with Gasteiger partial charge in [0.25, 0.3) is 5.91 Å². The molecule has 0 aliphatic heterocycles. The van der Waals surface area contributed by atoms with Crippen molar-refractivity contribution in [1.29, 1.82) is 0 Å². The first-order valence-corrected chi connectivity index (χ1v) is 11.6. The molecule has 1 N–H and O–H groups in total. The third kappa shape index (κ3) is 5.60. The number of aryl methyl sites for hydroxylation is 1. The van der Waals surface area contributed by atoms with Gasteiger partial charge in [-0.3, -0.25) is 14.3 Å². The van der Waals surface area contributed by atoms with Crippen LogP contribution in [0, 0.1) is 6.92 Å². The van der Waals surface area contributed by atoms with E-state index in [1.807, 2.05) is 47.9 Å². The van der Waals surface area contributed by atoms with E-state index in [0.29, 0.717) is 26.6 Å². The van der Waals surface area contributed by atoms with Crippen LogP contribution in [0.5, 0.6) is 0 Å². The van der Waals surface area contributed by atoms with Gasteiger partial charge in [-0.1, -0.05) is 64.8 Å². The summed E-state index contributed by atoms with van der Waals surface area (Å²) >= 11 is 13.4. The first kappa shape index (κ1) is 23.0. The molecule has 10 heteroatoms. The molecule has 0 bridgehead atoms. The standard InChI is InChI=1S/C23H18Cl2N6OS/c1-15-5-7-18(8-6-15)31-22(16-9-11-26-12-10-16)29-30-23(31)33-14-20(32)28-27-13-17-3-2-4-19(24)21(17)25/h2-13H,14H2,1H3,(H,28,32). The zero-order valence-electron chi connectivity index (χ0n) is 17.4. The highest BCUT2D eigenvalue weighted by Crippen LogP contribution is 2.28. The van der Waals surface area contributed by atoms with Crippen molar-refractivity contribution in [3.63, 3.8) is 0 Å². The highest BCUT2D eigenvalue weighted by molar-refractivity contribution is 7.99. The number of halogens is 2. The molecule has 0 aliphatic carbocycles. The topological polar surface area (TPSA) is 85.1 Å². The Morgan fingerprint density at radius 1 is 1.09 bits per heavy atom. The minimum Gasteiger partial charge on any atom is -0.272 e. The van der Waals surface area contributed by atoms with Crippen LogP contribution in [0.2, 0.25) is 10.0 Å². The van der Waals surface area contributed by atoms with Crippen LogP contribution >= 0.6 is 35.0 Å². The summed E-state index contributed by atoms with van der Waals surface area (Å²) in [6.45, 7) is 2.02. The molecule has 2 heterocycles. The van der Waals surface area contributed by atoms with Gasteiger partial charge in [0, 0.05) is 29.2 Å². The lowest BCUT2D eigenvalue weighted by atomic mass is 10.2. The van der Waals surface area contributed by atoms with Crippen molar-refractivity contribution < 1.29 is 4.79 Å². The van der Waals surface area contributed by atoms with Gasteiger partial charge in [0.15, 0.2) is 11.0 Å². The third-order valence-corrected chi connectivity index (χ3v) is 6.33. The maximum atomic E-state index is 12.4. The molecular formula is C23H18Cl2N6OS. The fourth-order valence-electron chi connectivity index (χ4n) is 2.93. The van der Waals surface area contributed by atoms with Gasteiger partial charge in [-0.2, -0.15) is 5.10 Å². The highest BCUT2D eigenvalue weighted by atomic mass is 35.5. The molecule has 0 spiro atoms. The number of rotatable bonds is 7. The Morgan fingerprint density at radius 2 is 1.85 bits per heavy atom. The molecule has 33 heavy (non-hydrogen) atoms. The second-order valence-electron chi connectivity index (χ2n) is 6.94. The molecule has 2 aromatic heterocycles. The molecule has 0 saturated carbocycles. The lowest BCUT2D eigenvalue weighted by Crippen LogP contribution is -2.20. The summed E-state index contributed by atoms with van der Waals surface area (Å²) in [5.74, 6) is 0.470. The van der Waals surface area contributed by atoms with Crippen molar-refractivity contribution >= 4 is 47.1 Å². The Morgan fingerprint density at radius 3 is 2.61 bits per heavy atom. The summed E-state index contributed by atoms with van der Waals surface area (Å²) < 4.78 is 1.92. The van der Waals surface area contributed by atoms with Gasteiger partial charge in [-0.05, 0) is 37.3 Å². The van der Waals surface area contributed by atoms with Crippen LogP contribution < -0.4 is 5.43 Å². The van der Waals surface area contributed by atoms with E-state index >= 15 is 0 Å². The van der Waals surface area contributed by atoms with Gasteiger partial charge in [0.05, 0.1) is 22.0 Å². The van der Waals surface area contributed by atoms with Crippen LogP contribution in [0.15, 0.2) is 77.2 Å². The van der Waals surface area contributed by atoms with E-state index in [0.717, 1.165) is 16.8 Å². The first-order valence-electron chi connectivity index (χ1n) is 9.84. The van der Waals surface area contributed by atoms with Gasteiger partial charge < -0.3 is 0 Å². The van der Waals surface area contributed by atoms with Crippen LogP contribution in [0.4, 0.5) is 0 Å². The molecule has 2 aromatic carbocycles. The van der Waals surface area contributed by atoms with E-state index in [4.69, 9.17) is 23.2 Å². The largest absolute Gasteiger partial charge is 0.272 e. The maximum Gasteiger partial charge on any atom is 0.250 e. The van der Waals surface area contributed by atoms with Gasteiger partial charge in [-0.15, -0.1) is 10.2 Å². The zero-order chi connectivity index (χ0) is 23.2. The average molecular weight is 497 g/mol. The van der Waals surface area contributed by atoms with Gasteiger partial charge in [0.2, 0.25) is 0 Å². The Balaban J connectivity index is 1.50. The normalized spacial score (nSPS) is 11.1. The smallest absolute Gasteiger partial charge is 0.250 e. The molecule has 0 unspecified atom stereocenters. The summed E-state index contributed by atoms with van der Waals surface area (Å²) in [5.41, 5.74) is 6.02. The Kier molecular flexibility index (Phi) is 7.39. The van der Waals surface area contributed by atoms with Crippen LogP contribution in [0.25, 0.3) is 17.1 Å². The number of thioether (sulfide) groups is 1. The summed E-state index contributed by atoms with van der Waals surface area (Å²) in [4.78, 5) is 16.4. The number of carbonyl (C=O) groups excluding carboxylic acids is 1. The summed E-state index contributed by atoms with van der Waals surface area (Å²) in [6.07, 6.45) is 4.86. The van der Waals surface area contributed by atoms with Crippen molar-refractivity contribution in [3.8, 4) is 17.1 Å². The molecule has 4 rings (SSSR count). The molecule has 1 amide bonds. The Labute approximate surface area is 204 Å². The molecule has 7 nitrogen and oxygen atoms in total. The lowest BCUT2D eigenvalue weighted by Gasteiger charge is -2.10. The van der Waals surface area contributed by atoms with Gasteiger partial charge in [0.1, 0.15) is 0 Å². The van der Waals surface area contributed by atoms with Crippen molar-refractivity contribution in [1.82, 2.24) is 25.2 Å². The quantitative estimate of drug-likeness (QED) is 0.216. The zero-order valence-corrected chi connectivity index (χ0v) is 19.8. The molecule has 0 radical (unpaired) electrons. The summed E-state index contributed by atoms with van der Waals surface area (Å²) in [5, 5.41) is 14.0. The summed E-state index contributed by atoms with van der Waals surface area (Å²) in [6, 6.07) is 16.9. The average Bonchev–Trinajstić information content (AvgIpc) is 3.25. The predicted octanol–water partition coefficient (Wildman–Crippen LogP) is 5.19. The number of hydrogen-bond donors (Lipinski definition) is 1. The van der Waals surface area contributed by atoms with Crippen molar-refractivity contribution in [2.45, 2.75) is 12.1 Å². The molecular weight excluding hydrogens is 479 g/mol. The highest BCUT2D eigenvalue weighted by Gasteiger charge is 2.17. The molecule has 0 aliphatic rings. The fourth-order valence-corrected chi connectivity index (χ4v) is 4.04. The van der Waals surface area contributed by atoms with Crippen LogP contribution in [0.1, 0.15) is 11.1 Å². The number of hydrogen-bond acceptors (Lipinski definition) is 6. The summed E-state index contributed by atoms with van der Waals surface area (Å²) in [7, 11) is 0. The number of benzene rings is 2. The number of pyridine rings is 1. The van der Waals surface area contributed by atoms with Gasteiger partial charge >= 0.3 is 0 Å². The number of amides is 1. The predicted molar refractivity (Wildman–Crippen MR) is 132 cm³/mol. The molecule has 0 fully saturated rings.